The maximum absolute atomic E-state index is 14.3. The van der Waals surface area contributed by atoms with Crippen LogP contribution in [0.15, 0.2) is 30.3 Å². The van der Waals surface area contributed by atoms with Crippen LogP contribution >= 0.6 is 11.6 Å². The van der Waals surface area contributed by atoms with Crippen LogP contribution in [0.25, 0.3) is 0 Å². The van der Waals surface area contributed by atoms with Crippen LogP contribution in [0, 0.1) is 17.6 Å². The fourth-order valence-corrected chi connectivity index (χ4v) is 3.44. The van der Waals surface area contributed by atoms with Gasteiger partial charge in [0.1, 0.15) is 18.2 Å². The van der Waals surface area contributed by atoms with Crippen LogP contribution < -0.4 is 9.47 Å². The molecule has 0 spiro atoms. The molecule has 146 valence electrons. The predicted octanol–water partition coefficient (Wildman–Crippen LogP) is 3.27. The zero-order chi connectivity index (χ0) is 19.8. The first-order valence-electron chi connectivity index (χ1n) is 8.75. The minimum Gasteiger partial charge on any atom is -0.490 e. The Morgan fingerprint density at radius 1 is 1.29 bits per heavy atom. The third kappa shape index (κ3) is 3.54. The van der Waals surface area contributed by atoms with E-state index >= 15 is 0 Å². The summed E-state index contributed by atoms with van der Waals surface area (Å²) in [5.41, 5.74) is 0.426. The third-order valence-electron chi connectivity index (χ3n) is 4.79. The molecule has 2 aliphatic heterocycles. The van der Waals surface area contributed by atoms with Gasteiger partial charge in [0, 0.05) is 37.1 Å². The molecule has 28 heavy (non-hydrogen) atoms. The number of carbonyl (C=O) groups is 2. The number of ketones is 1. The first kappa shape index (κ1) is 18.7. The number of nitrogens with zero attached hydrogens (tertiary/aromatic N) is 1. The average Bonchev–Trinajstić information content (AvgIpc) is 2.63. The Labute approximate surface area is 164 Å². The molecular weight excluding hydrogens is 392 g/mol. The lowest BCUT2D eigenvalue weighted by Crippen LogP contribution is -2.52. The van der Waals surface area contributed by atoms with Crippen LogP contribution in [0.2, 0.25) is 5.02 Å². The summed E-state index contributed by atoms with van der Waals surface area (Å²) in [6.07, 6.45) is 0.123. The van der Waals surface area contributed by atoms with Gasteiger partial charge in [-0.15, -0.1) is 0 Å². The van der Waals surface area contributed by atoms with Gasteiger partial charge < -0.3 is 14.4 Å². The van der Waals surface area contributed by atoms with Crippen molar-refractivity contribution in [1.29, 1.82) is 0 Å². The van der Waals surface area contributed by atoms with Crippen LogP contribution in [-0.2, 0) is 11.2 Å². The zero-order valence-corrected chi connectivity index (χ0v) is 15.5. The number of hydrogen-bond acceptors (Lipinski definition) is 4. The Bertz CT molecular complexity index is 959. The number of Topliss-reactive ketones (excluding diaryl/α,β-unsaturated/α-hetero) is 1. The minimum atomic E-state index is -0.682. The predicted molar refractivity (Wildman–Crippen MR) is 96.9 cm³/mol. The summed E-state index contributed by atoms with van der Waals surface area (Å²) in [6.45, 7) is 0.872. The van der Waals surface area contributed by atoms with Crippen LogP contribution in [0.5, 0.6) is 11.5 Å². The molecular formula is C20H16ClF2NO4. The first-order chi connectivity index (χ1) is 13.4. The Balaban J connectivity index is 1.37. The largest absolute Gasteiger partial charge is 0.490 e. The number of likely N-dealkylation sites (tertiary alicyclic amines) is 1. The van der Waals surface area contributed by atoms with E-state index in [9.17, 15) is 18.4 Å². The van der Waals surface area contributed by atoms with E-state index in [1.807, 2.05) is 0 Å². The molecule has 5 nitrogen and oxygen atoms in total. The molecule has 0 N–H and O–H groups in total. The van der Waals surface area contributed by atoms with Crippen molar-refractivity contribution in [1.82, 2.24) is 4.90 Å². The summed E-state index contributed by atoms with van der Waals surface area (Å²) in [7, 11) is 0. The van der Waals surface area contributed by atoms with Gasteiger partial charge in [0.2, 0.25) is 0 Å². The molecule has 0 atom stereocenters. The molecule has 2 aromatic rings. The van der Waals surface area contributed by atoms with E-state index in [1.165, 1.54) is 23.1 Å². The van der Waals surface area contributed by atoms with Gasteiger partial charge in [0.25, 0.3) is 5.91 Å². The molecule has 2 heterocycles. The van der Waals surface area contributed by atoms with Crippen molar-refractivity contribution in [3.8, 4) is 11.5 Å². The van der Waals surface area contributed by atoms with E-state index < -0.39 is 17.5 Å². The maximum atomic E-state index is 14.3. The SMILES string of the molecule is O=C1COc2cc(F)c(C(=O)N3CC(COc4cccc(Cl)c4F)C3)cc2C1. The van der Waals surface area contributed by atoms with Gasteiger partial charge in [-0.3, -0.25) is 9.59 Å². The van der Waals surface area contributed by atoms with Crippen LogP contribution in [0.4, 0.5) is 8.78 Å². The number of fused-ring (bicyclic) bond motifs is 1. The molecule has 0 aromatic heterocycles. The van der Waals surface area contributed by atoms with E-state index in [0.717, 1.165) is 6.07 Å². The monoisotopic (exact) mass is 407 g/mol. The minimum absolute atomic E-state index is 0.00734. The van der Waals surface area contributed by atoms with Gasteiger partial charge in [-0.25, -0.2) is 8.78 Å². The van der Waals surface area contributed by atoms with Crippen molar-refractivity contribution in [2.75, 3.05) is 26.3 Å². The molecule has 2 aliphatic rings. The van der Waals surface area contributed by atoms with Crippen molar-refractivity contribution >= 4 is 23.3 Å². The average molecular weight is 408 g/mol. The highest BCUT2D eigenvalue weighted by Crippen LogP contribution is 2.30. The molecule has 0 radical (unpaired) electrons. The second kappa shape index (κ2) is 7.39. The standard InChI is InChI=1S/C20H16ClF2NO4/c21-15-2-1-3-17(19(15)23)27-9-11-7-24(8-11)20(26)14-5-12-4-13(25)10-28-18(12)6-16(14)22/h1-3,5-6,11H,4,7-10H2. The summed E-state index contributed by atoms with van der Waals surface area (Å²) < 4.78 is 38.7. The van der Waals surface area contributed by atoms with Gasteiger partial charge in [-0.2, -0.15) is 0 Å². The summed E-state index contributed by atoms with van der Waals surface area (Å²) in [5.74, 6) is -1.51. The second-order valence-electron chi connectivity index (χ2n) is 6.88. The molecule has 1 fully saturated rings. The molecule has 8 heteroatoms. The van der Waals surface area contributed by atoms with Gasteiger partial charge >= 0.3 is 0 Å². The van der Waals surface area contributed by atoms with Crippen LogP contribution in [0.3, 0.4) is 0 Å². The Morgan fingerprint density at radius 2 is 2.07 bits per heavy atom. The molecule has 2 aromatic carbocycles. The third-order valence-corrected chi connectivity index (χ3v) is 5.08. The summed E-state index contributed by atoms with van der Waals surface area (Å²) in [4.78, 5) is 25.6. The van der Waals surface area contributed by atoms with E-state index in [2.05, 4.69) is 0 Å². The number of ether oxygens (including phenoxy) is 2. The van der Waals surface area contributed by atoms with E-state index in [1.54, 1.807) is 6.07 Å². The smallest absolute Gasteiger partial charge is 0.256 e. The second-order valence-corrected chi connectivity index (χ2v) is 7.29. The van der Waals surface area contributed by atoms with E-state index in [-0.39, 0.29) is 47.7 Å². The van der Waals surface area contributed by atoms with Crippen LogP contribution in [-0.4, -0.2) is 42.9 Å². The fraction of sp³-hybridized carbons (Fsp3) is 0.300. The normalized spacial score (nSPS) is 16.2. The Hall–Kier alpha value is -2.67. The molecule has 1 amide bonds. The van der Waals surface area contributed by atoms with Crippen molar-refractivity contribution in [3.63, 3.8) is 0 Å². The number of amides is 1. The maximum Gasteiger partial charge on any atom is 0.256 e. The number of benzene rings is 2. The highest BCUT2D eigenvalue weighted by Gasteiger charge is 2.34. The Morgan fingerprint density at radius 3 is 2.86 bits per heavy atom. The van der Waals surface area contributed by atoms with Crippen molar-refractivity contribution in [3.05, 3.63) is 58.1 Å². The summed E-state index contributed by atoms with van der Waals surface area (Å²) in [6, 6.07) is 7.03. The lowest BCUT2D eigenvalue weighted by Gasteiger charge is -2.39. The first-order valence-corrected chi connectivity index (χ1v) is 9.13. The molecule has 0 bridgehead atoms. The zero-order valence-electron chi connectivity index (χ0n) is 14.7. The lowest BCUT2D eigenvalue weighted by atomic mass is 9.97. The van der Waals surface area contributed by atoms with Crippen molar-refractivity contribution in [2.24, 2.45) is 5.92 Å². The fourth-order valence-electron chi connectivity index (χ4n) is 3.27. The number of rotatable bonds is 4. The number of halogens is 3. The molecule has 4 rings (SSSR count). The molecule has 0 saturated carbocycles. The van der Waals surface area contributed by atoms with Gasteiger partial charge in [-0.05, 0) is 18.2 Å². The highest BCUT2D eigenvalue weighted by molar-refractivity contribution is 6.30. The van der Waals surface area contributed by atoms with Gasteiger partial charge in [0.15, 0.2) is 17.3 Å². The van der Waals surface area contributed by atoms with E-state index in [4.69, 9.17) is 21.1 Å². The van der Waals surface area contributed by atoms with E-state index in [0.29, 0.717) is 24.4 Å². The van der Waals surface area contributed by atoms with Gasteiger partial charge in [-0.1, -0.05) is 17.7 Å². The number of carbonyl (C=O) groups excluding carboxylic acids is 2. The quantitative estimate of drug-likeness (QED) is 0.780. The summed E-state index contributed by atoms with van der Waals surface area (Å²) in [5, 5.41) is -0.0201. The summed E-state index contributed by atoms with van der Waals surface area (Å²) >= 11 is 5.71. The van der Waals surface area contributed by atoms with Crippen molar-refractivity contribution in [2.45, 2.75) is 6.42 Å². The topological polar surface area (TPSA) is 55.8 Å². The molecule has 0 unspecified atom stereocenters. The molecule has 1 saturated heterocycles. The van der Waals surface area contributed by atoms with Crippen molar-refractivity contribution < 1.29 is 27.8 Å². The van der Waals surface area contributed by atoms with Crippen LogP contribution in [0.1, 0.15) is 15.9 Å². The van der Waals surface area contributed by atoms with Gasteiger partial charge in [0.05, 0.1) is 17.2 Å². The highest BCUT2D eigenvalue weighted by atomic mass is 35.5. The lowest BCUT2D eigenvalue weighted by molar-refractivity contribution is -0.121. The molecule has 0 aliphatic carbocycles. The Kier molecular flexibility index (Phi) is 4.93. The number of hydrogen-bond donors (Lipinski definition) is 0.